The second-order valence-corrected chi connectivity index (χ2v) is 6.28. The van der Waals surface area contributed by atoms with Crippen LogP contribution >= 0.6 is 11.3 Å². The minimum absolute atomic E-state index is 0.118. The van der Waals surface area contributed by atoms with Gasteiger partial charge in [-0.3, -0.25) is 5.32 Å². The van der Waals surface area contributed by atoms with Crippen LogP contribution in [0.5, 0.6) is 5.75 Å². The van der Waals surface area contributed by atoms with Crippen LogP contribution in [0.1, 0.15) is 29.5 Å². The van der Waals surface area contributed by atoms with Crippen molar-refractivity contribution in [2.24, 2.45) is 0 Å². The van der Waals surface area contributed by atoms with Crippen LogP contribution in [0.4, 0.5) is 10.6 Å². The number of pyridine rings is 1. The van der Waals surface area contributed by atoms with Crippen LogP contribution in [0, 0.1) is 6.92 Å². The number of likely N-dealkylation sites (tertiary alicyclic amines) is 1. The van der Waals surface area contributed by atoms with Gasteiger partial charge in [0.05, 0.1) is 13.2 Å². The Morgan fingerprint density at radius 3 is 3.05 bits per heavy atom. The maximum absolute atomic E-state index is 12.6. The van der Waals surface area contributed by atoms with E-state index in [0.29, 0.717) is 11.6 Å². The first-order chi connectivity index (χ1) is 10.7. The molecular formula is C16H19N3O2S. The first-order valence-corrected chi connectivity index (χ1v) is 8.19. The molecule has 5 nitrogen and oxygen atoms in total. The van der Waals surface area contributed by atoms with E-state index in [2.05, 4.69) is 21.7 Å². The number of rotatable bonds is 3. The van der Waals surface area contributed by atoms with Crippen LogP contribution in [-0.2, 0) is 0 Å². The Morgan fingerprint density at radius 1 is 1.45 bits per heavy atom. The van der Waals surface area contributed by atoms with E-state index in [0.717, 1.165) is 25.1 Å². The van der Waals surface area contributed by atoms with E-state index in [1.807, 2.05) is 30.0 Å². The van der Waals surface area contributed by atoms with Crippen molar-refractivity contribution >= 4 is 23.2 Å². The highest BCUT2D eigenvalue weighted by Gasteiger charge is 2.31. The predicted molar refractivity (Wildman–Crippen MR) is 87.5 cm³/mol. The number of hydrogen-bond acceptors (Lipinski definition) is 4. The van der Waals surface area contributed by atoms with Gasteiger partial charge in [-0.15, -0.1) is 11.3 Å². The van der Waals surface area contributed by atoms with Crippen molar-refractivity contribution in [1.29, 1.82) is 0 Å². The molecule has 2 aromatic heterocycles. The number of nitrogens with zero attached hydrogens (tertiary/aromatic N) is 2. The molecule has 0 aliphatic carbocycles. The number of hydrogen-bond donors (Lipinski definition) is 1. The van der Waals surface area contributed by atoms with Gasteiger partial charge in [0.15, 0.2) is 11.6 Å². The van der Waals surface area contributed by atoms with Gasteiger partial charge in [-0.05, 0) is 43.3 Å². The Bertz CT molecular complexity index is 657. The number of methoxy groups -OCH3 is 1. The number of amides is 2. The number of nitrogens with one attached hydrogen (secondary N) is 1. The second-order valence-electron chi connectivity index (χ2n) is 5.30. The molecule has 1 aliphatic rings. The Labute approximate surface area is 133 Å². The summed E-state index contributed by atoms with van der Waals surface area (Å²) in [7, 11) is 1.58. The third-order valence-electron chi connectivity index (χ3n) is 3.83. The van der Waals surface area contributed by atoms with E-state index >= 15 is 0 Å². The van der Waals surface area contributed by atoms with Gasteiger partial charge in [-0.2, -0.15) is 0 Å². The molecule has 2 aromatic rings. The molecule has 116 valence electrons. The first-order valence-electron chi connectivity index (χ1n) is 7.31. The number of thiophene rings is 1. The highest BCUT2D eigenvalue weighted by Crippen LogP contribution is 2.35. The normalized spacial score (nSPS) is 17.5. The first kappa shape index (κ1) is 14.8. The molecule has 0 spiro atoms. The molecule has 3 heterocycles. The van der Waals surface area contributed by atoms with Gasteiger partial charge in [0, 0.05) is 17.1 Å². The zero-order valence-electron chi connectivity index (χ0n) is 12.7. The molecule has 0 saturated carbocycles. The molecule has 1 unspecified atom stereocenters. The fraction of sp³-hybridized carbons (Fsp3) is 0.375. The van der Waals surface area contributed by atoms with Crippen LogP contribution < -0.4 is 10.1 Å². The lowest BCUT2D eigenvalue weighted by molar-refractivity contribution is 0.207. The summed E-state index contributed by atoms with van der Waals surface area (Å²) in [6.45, 7) is 2.65. The van der Waals surface area contributed by atoms with E-state index in [1.54, 1.807) is 18.4 Å². The van der Waals surface area contributed by atoms with Crippen molar-refractivity contribution in [2.45, 2.75) is 25.8 Å². The molecule has 2 amide bonds. The SMILES string of the molecule is COc1ccc(C)nc1NC(=O)N1CCCC1c1cccs1. The molecule has 0 aromatic carbocycles. The monoisotopic (exact) mass is 317 g/mol. The number of aryl methyl sites for hydroxylation is 1. The number of ether oxygens (including phenoxy) is 1. The van der Waals surface area contributed by atoms with Crippen molar-refractivity contribution in [2.75, 3.05) is 19.0 Å². The quantitative estimate of drug-likeness (QED) is 0.936. The maximum Gasteiger partial charge on any atom is 0.323 e. The summed E-state index contributed by atoms with van der Waals surface area (Å²) >= 11 is 1.70. The third kappa shape index (κ3) is 2.92. The van der Waals surface area contributed by atoms with Crippen LogP contribution in [-0.4, -0.2) is 29.6 Å². The molecule has 1 aliphatic heterocycles. The standard InChI is InChI=1S/C16H19N3O2S/c1-11-7-8-13(21-2)15(17-11)18-16(20)19-9-3-5-12(19)14-6-4-10-22-14/h4,6-8,10,12H,3,5,9H2,1-2H3,(H,17,18,20). The molecule has 6 heteroatoms. The van der Waals surface area contributed by atoms with Gasteiger partial charge < -0.3 is 9.64 Å². The lowest BCUT2D eigenvalue weighted by Gasteiger charge is -2.24. The van der Waals surface area contributed by atoms with Crippen molar-refractivity contribution in [1.82, 2.24) is 9.88 Å². The van der Waals surface area contributed by atoms with Gasteiger partial charge in [0.25, 0.3) is 0 Å². The Balaban J connectivity index is 1.78. The Hall–Kier alpha value is -2.08. The van der Waals surface area contributed by atoms with Gasteiger partial charge in [-0.1, -0.05) is 6.07 Å². The Kier molecular flexibility index (Phi) is 4.29. The number of anilines is 1. The summed E-state index contributed by atoms with van der Waals surface area (Å²) in [6.07, 6.45) is 2.03. The van der Waals surface area contributed by atoms with Gasteiger partial charge in [0.1, 0.15) is 0 Å². The van der Waals surface area contributed by atoms with Crippen molar-refractivity contribution in [3.05, 3.63) is 40.2 Å². The van der Waals surface area contributed by atoms with E-state index in [4.69, 9.17) is 4.74 Å². The van der Waals surface area contributed by atoms with Crippen molar-refractivity contribution < 1.29 is 9.53 Å². The molecule has 3 rings (SSSR count). The highest BCUT2D eigenvalue weighted by atomic mass is 32.1. The van der Waals surface area contributed by atoms with E-state index < -0.39 is 0 Å². The minimum Gasteiger partial charge on any atom is -0.493 e. The topological polar surface area (TPSA) is 54.5 Å². The molecule has 1 fully saturated rings. The average Bonchev–Trinajstić information content (AvgIpc) is 3.18. The van der Waals surface area contributed by atoms with E-state index in [9.17, 15) is 4.79 Å². The fourth-order valence-electron chi connectivity index (χ4n) is 2.76. The maximum atomic E-state index is 12.6. The van der Waals surface area contributed by atoms with E-state index in [-0.39, 0.29) is 12.1 Å². The lowest BCUT2D eigenvalue weighted by atomic mass is 10.2. The summed E-state index contributed by atoms with van der Waals surface area (Å²) in [6, 6.07) is 7.84. The summed E-state index contributed by atoms with van der Waals surface area (Å²) in [5.41, 5.74) is 0.840. The minimum atomic E-state index is -0.118. The summed E-state index contributed by atoms with van der Waals surface area (Å²) < 4.78 is 5.27. The van der Waals surface area contributed by atoms with Gasteiger partial charge >= 0.3 is 6.03 Å². The zero-order chi connectivity index (χ0) is 15.5. The van der Waals surface area contributed by atoms with Crippen molar-refractivity contribution in [3.63, 3.8) is 0 Å². The molecule has 1 atom stereocenters. The highest BCUT2D eigenvalue weighted by molar-refractivity contribution is 7.10. The fourth-order valence-corrected chi connectivity index (χ4v) is 3.63. The van der Waals surface area contributed by atoms with Crippen LogP contribution in [0.3, 0.4) is 0 Å². The van der Waals surface area contributed by atoms with E-state index in [1.165, 1.54) is 4.88 Å². The number of carbonyl (C=O) groups excluding carboxylic acids is 1. The summed E-state index contributed by atoms with van der Waals surface area (Å²) in [5, 5.41) is 4.94. The third-order valence-corrected chi connectivity index (χ3v) is 4.80. The van der Waals surface area contributed by atoms with Gasteiger partial charge in [-0.25, -0.2) is 9.78 Å². The van der Waals surface area contributed by atoms with Crippen LogP contribution in [0.15, 0.2) is 29.6 Å². The number of carbonyl (C=O) groups is 1. The average molecular weight is 317 g/mol. The molecule has 1 N–H and O–H groups in total. The summed E-state index contributed by atoms with van der Waals surface area (Å²) in [5.74, 6) is 1.05. The zero-order valence-corrected chi connectivity index (χ0v) is 13.5. The molecule has 1 saturated heterocycles. The lowest BCUT2D eigenvalue weighted by Crippen LogP contribution is -2.34. The molecule has 22 heavy (non-hydrogen) atoms. The smallest absolute Gasteiger partial charge is 0.323 e. The predicted octanol–water partition coefficient (Wildman–Crippen LogP) is 3.83. The number of aromatic nitrogens is 1. The largest absolute Gasteiger partial charge is 0.493 e. The van der Waals surface area contributed by atoms with Gasteiger partial charge in [0.2, 0.25) is 0 Å². The summed E-state index contributed by atoms with van der Waals surface area (Å²) in [4.78, 5) is 20.1. The molecule has 0 bridgehead atoms. The van der Waals surface area contributed by atoms with Crippen LogP contribution in [0.2, 0.25) is 0 Å². The number of urea groups is 1. The van der Waals surface area contributed by atoms with Crippen LogP contribution in [0.25, 0.3) is 0 Å². The molecule has 0 radical (unpaired) electrons. The van der Waals surface area contributed by atoms with Crippen molar-refractivity contribution in [3.8, 4) is 5.75 Å². The second kappa shape index (κ2) is 6.36. The Morgan fingerprint density at radius 2 is 2.32 bits per heavy atom. The molecular weight excluding hydrogens is 298 g/mol.